The molecule has 0 saturated carbocycles. The summed E-state index contributed by atoms with van der Waals surface area (Å²) in [5, 5.41) is 10.0. The van der Waals surface area contributed by atoms with Gasteiger partial charge in [0.15, 0.2) is 0 Å². The summed E-state index contributed by atoms with van der Waals surface area (Å²) in [6.45, 7) is 0. The molecule has 0 aromatic heterocycles. The second-order valence-corrected chi connectivity index (χ2v) is 3.31. The van der Waals surface area contributed by atoms with E-state index in [9.17, 15) is 9.90 Å². The lowest BCUT2D eigenvalue weighted by Crippen LogP contribution is -2.19. The van der Waals surface area contributed by atoms with E-state index in [0.29, 0.717) is 16.3 Å². The summed E-state index contributed by atoms with van der Waals surface area (Å²) in [5.41, 5.74) is 0.576. The van der Waals surface area contributed by atoms with Gasteiger partial charge >= 0.3 is 5.97 Å². The van der Waals surface area contributed by atoms with Crippen molar-refractivity contribution in [2.75, 3.05) is 0 Å². The summed E-state index contributed by atoms with van der Waals surface area (Å²) in [4.78, 5) is 10.9. The molecule has 0 amide bonds. The molecule has 1 unspecified atom stereocenters. The molecular weight excluding hydrogens is 192 g/mol. The Morgan fingerprint density at radius 2 is 2.31 bits per heavy atom. The number of benzene rings is 1. The number of aliphatic hydroxyl groups is 1. The van der Waals surface area contributed by atoms with Gasteiger partial charge in [-0.15, -0.1) is 0 Å². The van der Waals surface area contributed by atoms with Gasteiger partial charge in [0, 0.05) is 10.6 Å². The number of rotatable bonds is 0. The van der Waals surface area contributed by atoms with Gasteiger partial charge in [0.25, 0.3) is 0 Å². The Balaban J connectivity index is 2.49. The van der Waals surface area contributed by atoms with Gasteiger partial charge < -0.3 is 9.84 Å². The standard InChI is InChI=1S/C9H7ClO3/c10-5-1-2-8-6(3-5)7(11)4-9(12)13-8/h1-3,7,11H,4H2. The minimum atomic E-state index is -0.796. The number of halogens is 1. The largest absolute Gasteiger partial charge is 0.426 e. The molecule has 0 saturated heterocycles. The Labute approximate surface area is 79.9 Å². The monoisotopic (exact) mass is 198 g/mol. The van der Waals surface area contributed by atoms with Crippen LogP contribution in [0.2, 0.25) is 5.02 Å². The third-order valence-electron chi connectivity index (χ3n) is 1.91. The Hall–Kier alpha value is -1.06. The van der Waals surface area contributed by atoms with Crippen molar-refractivity contribution in [1.82, 2.24) is 0 Å². The first-order valence-electron chi connectivity index (χ1n) is 3.85. The van der Waals surface area contributed by atoms with Gasteiger partial charge in [0.2, 0.25) is 0 Å². The molecule has 1 N–H and O–H groups in total. The van der Waals surface area contributed by atoms with E-state index in [4.69, 9.17) is 16.3 Å². The van der Waals surface area contributed by atoms with E-state index in [1.165, 1.54) is 0 Å². The van der Waals surface area contributed by atoms with Crippen LogP contribution in [0.1, 0.15) is 18.1 Å². The van der Waals surface area contributed by atoms with E-state index in [1.54, 1.807) is 18.2 Å². The maximum absolute atomic E-state index is 10.9. The molecule has 1 aromatic carbocycles. The molecule has 0 aliphatic carbocycles. The van der Waals surface area contributed by atoms with Gasteiger partial charge in [-0.25, -0.2) is 0 Å². The first-order valence-corrected chi connectivity index (χ1v) is 4.23. The molecule has 1 aromatic rings. The van der Waals surface area contributed by atoms with Crippen molar-refractivity contribution in [2.24, 2.45) is 0 Å². The number of carbonyl (C=O) groups excluding carboxylic acids is 1. The molecule has 2 rings (SSSR count). The van der Waals surface area contributed by atoms with Crippen LogP contribution in [-0.2, 0) is 4.79 Å². The second-order valence-electron chi connectivity index (χ2n) is 2.88. The predicted molar refractivity (Wildman–Crippen MR) is 46.7 cm³/mol. The molecule has 1 heterocycles. The zero-order valence-corrected chi connectivity index (χ0v) is 7.41. The van der Waals surface area contributed by atoms with E-state index < -0.39 is 12.1 Å². The molecule has 1 aliphatic rings. The maximum Gasteiger partial charge on any atom is 0.314 e. The smallest absolute Gasteiger partial charge is 0.314 e. The van der Waals surface area contributed by atoms with Crippen LogP contribution in [0.15, 0.2) is 18.2 Å². The number of ether oxygens (including phenoxy) is 1. The van der Waals surface area contributed by atoms with E-state index >= 15 is 0 Å². The molecular formula is C9H7ClO3. The van der Waals surface area contributed by atoms with Crippen LogP contribution in [0.4, 0.5) is 0 Å². The molecule has 0 radical (unpaired) electrons. The topological polar surface area (TPSA) is 46.5 Å². The molecule has 68 valence electrons. The molecule has 0 spiro atoms. The van der Waals surface area contributed by atoms with Crippen molar-refractivity contribution < 1.29 is 14.6 Å². The summed E-state index contributed by atoms with van der Waals surface area (Å²) in [6, 6.07) is 4.80. The lowest BCUT2D eigenvalue weighted by molar-refractivity contribution is -0.138. The van der Waals surface area contributed by atoms with E-state index in [1.807, 2.05) is 0 Å². The summed E-state index contributed by atoms with van der Waals surface area (Å²) in [5.74, 6) is -0.0181. The Morgan fingerprint density at radius 3 is 3.08 bits per heavy atom. The van der Waals surface area contributed by atoms with Crippen LogP contribution >= 0.6 is 11.6 Å². The third kappa shape index (κ3) is 1.53. The van der Waals surface area contributed by atoms with Crippen LogP contribution in [0, 0.1) is 0 Å². The van der Waals surface area contributed by atoms with Crippen LogP contribution in [0.3, 0.4) is 0 Å². The van der Waals surface area contributed by atoms with Gasteiger partial charge in [-0.3, -0.25) is 4.79 Å². The highest BCUT2D eigenvalue weighted by atomic mass is 35.5. The van der Waals surface area contributed by atoms with Gasteiger partial charge in [-0.2, -0.15) is 0 Å². The number of hydrogen-bond donors (Lipinski definition) is 1. The minimum Gasteiger partial charge on any atom is -0.426 e. The highest BCUT2D eigenvalue weighted by Crippen LogP contribution is 2.34. The van der Waals surface area contributed by atoms with Gasteiger partial charge in [-0.1, -0.05) is 11.6 Å². The zero-order valence-electron chi connectivity index (χ0n) is 6.66. The summed E-state index contributed by atoms with van der Waals surface area (Å²) < 4.78 is 4.90. The lowest BCUT2D eigenvalue weighted by atomic mass is 10.0. The van der Waals surface area contributed by atoms with Crippen molar-refractivity contribution in [3.05, 3.63) is 28.8 Å². The number of aliphatic hydroxyl groups excluding tert-OH is 1. The maximum atomic E-state index is 10.9. The van der Waals surface area contributed by atoms with Crippen LogP contribution in [0.5, 0.6) is 5.75 Å². The second kappa shape index (κ2) is 3.01. The normalized spacial score (nSPS) is 20.8. The van der Waals surface area contributed by atoms with Crippen molar-refractivity contribution in [2.45, 2.75) is 12.5 Å². The molecule has 0 fully saturated rings. The summed E-state index contributed by atoms with van der Waals surface area (Å²) in [7, 11) is 0. The molecule has 4 heteroatoms. The third-order valence-corrected chi connectivity index (χ3v) is 2.15. The number of hydrogen-bond acceptors (Lipinski definition) is 3. The SMILES string of the molecule is O=C1CC(O)c2cc(Cl)ccc2O1. The van der Waals surface area contributed by atoms with E-state index in [2.05, 4.69) is 0 Å². The fourth-order valence-corrected chi connectivity index (χ4v) is 1.49. The highest BCUT2D eigenvalue weighted by molar-refractivity contribution is 6.30. The highest BCUT2D eigenvalue weighted by Gasteiger charge is 2.25. The predicted octanol–water partition coefficient (Wildman–Crippen LogP) is 1.68. The molecule has 0 bridgehead atoms. The Bertz CT molecular complexity index is 362. The first-order chi connectivity index (χ1) is 6.16. The first kappa shape index (κ1) is 8.53. The summed E-state index contributed by atoms with van der Waals surface area (Å²) in [6.07, 6.45) is -0.803. The Kier molecular flexibility index (Phi) is 1.98. The number of carbonyl (C=O) groups is 1. The number of fused-ring (bicyclic) bond motifs is 1. The van der Waals surface area contributed by atoms with Crippen molar-refractivity contribution in [3.63, 3.8) is 0 Å². The van der Waals surface area contributed by atoms with E-state index in [0.717, 1.165) is 0 Å². The molecule has 3 nitrogen and oxygen atoms in total. The Morgan fingerprint density at radius 1 is 1.54 bits per heavy atom. The van der Waals surface area contributed by atoms with E-state index in [-0.39, 0.29) is 6.42 Å². The van der Waals surface area contributed by atoms with Crippen LogP contribution in [0.25, 0.3) is 0 Å². The van der Waals surface area contributed by atoms with Crippen LogP contribution < -0.4 is 4.74 Å². The van der Waals surface area contributed by atoms with Gasteiger partial charge in [0.05, 0.1) is 12.5 Å². The van der Waals surface area contributed by atoms with Crippen molar-refractivity contribution in [3.8, 4) is 5.75 Å². The quantitative estimate of drug-likeness (QED) is 0.510. The average Bonchev–Trinajstić information content (AvgIpc) is 2.06. The molecule has 1 aliphatic heterocycles. The zero-order chi connectivity index (χ0) is 9.42. The minimum absolute atomic E-state index is 0.00660. The fourth-order valence-electron chi connectivity index (χ4n) is 1.30. The molecule has 13 heavy (non-hydrogen) atoms. The van der Waals surface area contributed by atoms with Gasteiger partial charge in [-0.05, 0) is 18.2 Å². The van der Waals surface area contributed by atoms with Crippen LogP contribution in [-0.4, -0.2) is 11.1 Å². The van der Waals surface area contributed by atoms with Crippen molar-refractivity contribution in [1.29, 1.82) is 0 Å². The number of esters is 1. The summed E-state index contributed by atoms with van der Waals surface area (Å²) >= 11 is 5.73. The lowest BCUT2D eigenvalue weighted by Gasteiger charge is -2.20. The fraction of sp³-hybridized carbons (Fsp3) is 0.222. The average molecular weight is 199 g/mol. The van der Waals surface area contributed by atoms with Gasteiger partial charge in [0.1, 0.15) is 5.75 Å². The van der Waals surface area contributed by atoms with Crippen molar-refractivity contribution >= 4 is 17.6 Å². The molecule has 1 atom stereocenters.